The number of rotatable bonds is 5. The number of nitrogens with zero attached hydrogens (tertiary/aromatic N) is 2. The van der Waals surface area contributed by atoms with Crippen molar-refractivity contribution >= 4 is 44.4 Å². The first kappa shape index (κ1) is 20.0. The fourth-order valence-electron chi connectivity index (χ4n) is 5.10. The normalized spacial score (nSPS) is 41.3. The lowest BCUT2D eigenvalue weighted by Gasteiger charge is -2.43. The van der Waals surface area contributed by atoms with Crippen LogP contribution < -0.4 is 0 Å². The molecule has 2 aliphatic rings. The smallest absolute Gasteiger partial charge is 0.0990 e. The molecular formula is C19H34BrIN2. The molecule has 4 heteroatoms. The first-order valence-electron chi connectivity index (χ1n) is 9.48. The third-order valence-corrected chi connectivity index (χ3v) is 9.41. The fraction of sp³-hybridized carbons (Fsp3) is 0.947. The Balaban J connectivity index is 2.44. The average Bonchev–Trinajstić information content (AvgIpc) is 2.66. The fourth-order valence-corrected chi connectivity index (χ4v) is 8.05. The largest absolute Gasteiger partial charge is 0.360 e. The Hall–Kier alpha value is 0.680. The van der Waals surface area contributed by atoms with Gasteiger partial charge in [0.15, 0.2) is 0 Å². The van der Waals surface area contributed by atoms with Gasteiger partial charge in [-0.3, -0.25) is 4.99 Å². The number of hydrogen-bond donors (Lipinski definition) is 0. The summed E-state index contributed by atoms with van der Waals surface area (Å²) in [5, 5.41) is 1.12. The van der Waals surface area contributed by atoms with Gasteiger partial charge in [0.2, 0.25) is 0 Å². The lowest BCUT2D eigenvalue weighted by atomic mass is 9.66. The SMILES string of the molecule is CCC1=NC2C(I)C(CC)[C@](C)(CBr)[C@H](CC)C[C@@H]2CN1CC. The molecule has 6 atom stereocenters. The van der Waals surface area contributed by atoms with Crippen LogP contribution in [-0.4, -0.2) is 39.1 Å². The van der Waals surface area contributed by atoms with E-state index in [0.717, 1.165) is 36.0 Å². The molecule has 0 spiro atoms. The van der Waals surface area contributed by atoms with Gasteiger partial charge in [0, 0.05) is 34.7 Å². The van der Waals surface area contributed by atoms with Crippen LogP contribution in [-0.2, 0) is 0 Å². The van der Waals surface area contributed by atoms with Gasteiger partial charge in [-0.05, 0) is 30.6 Å². The molecule has 23 heavy (non-hydrogen) atoms. The van der Waals surface area contributed by atoms with Gasteiger partial charge in [-0.2, -0.15) is 0 Å². The summed E-state index contributed by atoms with van der Waals surface area (Å²) in [5.41, 5.74) is 0.394. The van der Waals surface area contributed by atoms with Crippen molar-refractivity contribution in [1.29, 1.82) is 0 Å². The zero-order valence-electron chi connectivity index (χ0n) is 15.5. The molecule has 1 aliphatic carbocycles. The van der Waals surface area contributed by atoms with E-state index in [1.807, 2.05) is 0 Å². The van der Waals surface area contributed by atoms with E-state index in [0.29, 0.717) is 15.4 Å². The van der Waals surface area contributed by atoms with Crippen molar-refractivity contribution in [3.05, 3.63) is 0 Å². The Morgan fingerprint density at radius 3 is 2.43 bits per heavy atom. The van der Waals surface area contributed by atoms with Gasteiger partial charge in [-0.25, -0.2) is 0 Å². The predicted molar refractivity (Wildman–Crippen MR) is 114 cm³/mol. The Bertz CT molecular complexity index is 428. The van der Waals surface area contributed by atoms with Gasteiger partial charge in [0.25, 0.3) is 0 Å². The molecule has 1 heterocycles. The summed E-state index contributed by atoms with van der Waals surface area (Å²) in [5.74, 6) is 3.63. The van der Waals surface area contributed by atoms with Crippen LogP contribution in [0.4, 0.5) is 0 Å². The first-order valence-corrected chi connectivity index (χ1v) is 11.8. The van der Waals surface area contributed by atoms with Crippen molar-refractivity contribution in [2.75, 3.05) is 18.4 Å². The summed E-state index contributed by atoms with van der Waals surface area (Å²) in [7, 11) is 0. The van der Waals surface area contributed by atoms with Crippen molar-refractivity contribution in [3.8, 4) is 0 Å². The zero-order valence-corrected chi connectivity index (χ0v) is 19.2. The number of hydrogen-bond acceptors (Lipinski definition) is 2. The molecule has 1 fully saturated rings. The number of halogens is 2. The van der Waals surface area contributed by atoms with Gasteiger partial charge >= 0.3 is 0 Å². The molecule has 0 amide bonds. The van der Waals surface area contributed by atoms with Gasteiger partial charge < -0.3 is 4.90 Å². The van der Waals surface area contributed by atoms with E-state index in [4.69, 9.17) is 4.99 Å². The number of alkyl halides is 2. The van der Waals surface area contributed by atoms with Gasteiger partial charge in [-0.15, -0.1) is 0 Å². The third kappa shape index (κ3) is 3.63. The molecule has 0 aromatic rings. The van der Waals surface area contributed by atoms with Crippen LogP contribution in [0, 0.1) is 23.2 Å². The highest BCUT2D eigenvalue weighted by atomic mass is 127. The van der Waals surface area contributed by atoms with Crippen molar-refractivity contribution < 1.29 is 0 Å². The quantitative estimate of drug-likeness (QED) is 0.348. The highest BCUT2D eigenvalue weighted by Gasteiger charge is 2.50. The highest BCUT2D eigenvalue weighted by Crippen LogP contribution is 2.52. The lowest BCUT2D eigenvalue weighted by Crippen LogP contribution is -2.47. The Labute approximate surface area is 165 Å². The van der Waals surface area contributed by atoms with Crippen LogP contribution in [0.5, 0.6) is 0 Å². The average molecular weight is 497 g/mol. The number of amidine groups is 1. The van der Waals surface area contributed by atoms with Crippen molar-refractivity contribution in [2.24, 2.45) is 28.2 Å². The standard InChI is InChI=1S/C19H34BrIN2/c1-6-14-10-13-11-23(9-4)16(8-3)22-18(13)17(21)15(7-2)19(14,5)12-20/h13-15,17-18H,6-12H2,1-5H3/t13-,14-,15?,17?,18?,19-/m1/s1. The summed E-state index contributed by atoms with van der Waals surface area (Å²) in [6.07, 6.45) is 4.98. The van der Waals surface area contributed by atoms with E-state index in [2.05, 4.69) is 78.0 Å². The molecule has 0 saturated heterocycles. The molecule has 2 nitrogen and oxygen atoms in total. The van der Waals surface area contributed by atoms with Crippen molar-refractivity contribution in [1.82, 2.24) is 4.90 Å². The Kier molecular flexibility index (Phi) is 7.28. The van der Waals surface area contributed by atoms with Gasteiger partial charge in [0.1, 0.15) is 0 Å². The molecule has 2 rings (SSSR count). The van der Waals surface area contributed by atoms with Crippen LogP contribution in [0.15, 0.2) is 4.99 Å². The maximum Gasteiger partial charge on any atom is 0.0990 e. The predicted octanol–water partition coefficient (Wildman–Crippen LogP) is 5.78. The second-order valence-corrected chi connectivity index (χ2v) is 9.63. The van der Waals surface area contributed by atoms with Gasteiger partial charge in [-0.1, -0.05) is 79.1 Å². The maximum absolute atomic E-state index is 5.30. The molecule has 1 aliphatic heterocycles. The number of fused-ring (bicyclic) bond motifs is 1. The topological polar surface area (TPSA) is 15.6 Å². The molecule has 0 bridgehead atoms. The van der Waals surface area contributed by atoms with Crippen molar-refractivity contribution in [2.45, 2.75) is 70.3 Å². The summed E-state index contributed by atoms with van der Waals surface area (Å²) in [4.78, 5) is 7.84. The summed E-state index contributed by atoms with van der Waals surface area (Å²) in [6, 6.07) is 0.522. The molecule has 3 unspecified atom stereocenters. The molecule has 0 N–H and O–H groups in total. The maximum atomic E-state index is 5.30. The second-order valence-electron chi connectivity index (χ2n) is 7.63. The third-order valence-electron chi connectivity index (χ3n) is 6.60. The molecule has 0 radical (unpaired) electrons. The van der Waals surface area contributed by atoms with Crippen LogP contribution >= 0.6 is 38.5 Å². The molecular weight excluding hydrogens is 463 g/mol. The van der Waals surface area contributed by atoms with Crippen LogP contribution in [0.25, 0.3) is 0 Å². The minimum Gasteiger partial charge on any atom is -0.360 e. The van der Waals surface area contributed by atoms with Crippen LogP contribution in [0.1, 0.15) is 60.3 Å². The summed E-state index contributed by atoms with van der Waals surface area (Å²) < 4.78 is 0.655. The van der Waals surface area contributed by atoms with E-state index in [1.165, 1.54) is 31.6 Å². The first-order chi connectivity index (χ1) is 11.0. The van der Waals surface area contributed by atoms with E-state index in [-0.39, 0.29) is 0 Å². The highest BCUT2D eigenvalue weighted by molar-refractivity contribution is 14.1. The molecule has 134 valence electrons. The van der Waals surface area contributed by atoms with Crippen LogP contribution in [0.3, 0.4) is 0 Å². The second kappa shape index (κ2) is 8.37. The number of aliphatic imine (C=N–C) groups is 1. The minimum absolute atomic E-state index is 0.394. The molecule has 0 aromatic heterocycles. The zero-order chi connectivity index (χ0) is 17.2. The monoisotopic (exact) mass is 496 g/mol. The van der Waals surface area contributed by atoms with E-state index >= 15 is 0 Å². The van der Waals surface area contributed by atoms with Crippen LogP contribution in [0.2, 0.25) is 0 Å². The minimum atomic E-state index is 0.394. The van der Waals surface area contributed by atoms with E-state index in [9.17, 15) is 0 Å². The summed E-state index contributed by atoms with van der Waals surface area (Å²) >= 11 is 6.64. The summed E-state index contributed by atoms with van der Waals surface area (Å²) in [6.45, 7) is 14.2. The Morgan fingerprint density at radius 2 is 1.96 bits per heavy atom. The van der Waals surface area contributed by atoms with Crippen molar-refractivity contribution in [3.63, 3.8) is 0 Å². The Morgan fingerprint density at radius 1 is 1.26 bits per heavy atom. The van der Waals surface area contributed by atoms with E-state index < -0.39 is 0 Å². The molecule has 1 saturated carbocycles. The van der Waals surface area contributed by atoms with E-state index in [1.54, 1.807) is 0 Å². The molecule has 0 aromatic carbocycles. The lowest BCUT2D eigenvalue weighted by molar-refractivity contribution is 0.117. The van der Waals surface area contributed by atoms with Gasteiger partial charge in [0.05, 0.1) is 11.9 Å².